The van der Waals surface area contributed by atoms with Gasteiger partial charge in [-0.25, -0.2) is 9.97 Å². The number of imidazole rings is 1. The summed E-state index contributed by atoms with van der Waals surface area (Å²) in [5.41, 5.74) is 3.82. The summed E-state index contributed by atoms with van der Waals surface area (Å²) >= 11 is 0. The first-order valence-corrected chi connectivity index (χ1v) is 15.8. The zero-order valence-electron chi connectivity index (χ0n) is 25.9. The number of rotatable bonds is 7. The van der Waals surface area contributed by atoms with Gasteiger partial charge in [0.05, 0.1) is 30.2 Å². The normalized spacial score (nSPS) is 21.4. The molecule has 0 spiro atoms. The maximum Gasteiger partial charge on any atom is 0.471 e. The van der Waals surface area contributed by atoms with Crippen molar-refractivity contribution in [1.29, 1.82) is 5.26 Å². The average Bonchev–Trinajstić information content (AvgIpc) is 3.78. The molecule has 6 heterocycles. The predicted octanol–water partition coefficient (Wildman–Crippen LogP) is 6.18. The highest BCUT2D eigenvalue weighted by molar-refractivity contribution is 5.81. The highest BCUT2D eigenvalue weighted by Crippen LogP contribution is 2.49. The van der Waals surface area contributed by atoms with Gasteiger partial charge in [-0.3, -0.25) is 4.90 Å². The lowest BCUT2D eigenvalue weighted by atomic mass is 9.88. The summed E-state index contributed by atoms with van der Waals surface area (Å²) in [4.78, 5) is 15.3. The molecule has 5 aromatic rings. The van der Waals surface area contributed by atoms with Gasteiger partial charge in [-0.1, -0.05) is 23.4 Å². The van der Waals surface area contributed by atoms with E-state index in [1.165, 1.54) is 0 Å². The number of ether oxygens (including phenoxy) is 3. The average molecular weight is 658 g/mol. The van der Waals surface area contributed by atoms with Crippen LogP contribution in [0.5, 0.6) is 11.5 Å². The molecule has 14 heteroatoms. The maximum absolute atomic E-state index is 13.1. The Labute approximate surface area is 272 Å². The molecule has 0 saturated carbocycles. The quantitative estimate of drug-likeness (QED) is 0.200. The summed E-state index contributed by atoms with van der Waals surface area (Å²) in [6, 6.07) is 18.5. The maximum atomic E-state index is 13.1. The Morgan fingerprint density at radius 2 is 1.81 bits per heavy atom. The van der Waals surface area contributed by atoms with E-state index in [1.807, 2.05) is 25.1 Å². The summed E-state index contributed by atoms with van der Waals surface area (Å²) in [7, 11) is 0. The van der Waals surface area contributed by atoms with Crippen molar-refractivity contribution in [1.82, 2.24) is 29.6 Å². The van der Waals surface area contributed by atoms with Gasteiger partial charge in [-0.15, -0.1) is 0 Å². The van der Waals surface area contributed by atoms with Gasteiger partial charge in [0.2, 0.25) is 5.82 Å². The summed E-state index contributed by atoms with van der Waals surface area (Å²) in [5.74, 6) is -0.182. The van der Waals surface area contributed by atoms with Crippen molar-refractivity contribution in [2.24, 2.45) is 0 Å². The Bertz CT molecular complexity index is 2040. The number of fused-ring (bicyclic) bond motifs is 2. The van der Waals surface area contributed by atoms with Crippen molar-refractivity contribution >= 4 is 11.0 Å². The molecule has 2 aromatic carbocycles. The third-order valence-electron chi connectivity index (χ3n) is 9.27. The fraction of sp³-hybridized carbons (Fsp3) is 0.382. The SMILES string of the molecule is CC1(c2cccc(C#N)n2)Oc2cccc(C3CCN(Cc4nc5cc(-c6noc(C(F)(F)F)n6)ccc5n4C[C@@H]4CCO4)CC3)c2O1. The van der Waals surface area contributed by atoms with E-state index in [9.17, 15) is 18.4 Å². The number of para-hydroxylation sites is 1. The molecule has 2 atom stereocenters. The van der Waals surface area contributed by atoms with Crippen molar-refractivity contribution in [2.75, 3.05) is 19.7 Å². The Morgan fingerprint density at radius 1 is 1.00 bits per heavy atom. The molecular formula is C34H30F3N7O4. The zero-order chi connectivity index (χ0) is 33.0. The number of nitriles is 1. The van der Waals surface area contributed by atoms with Crippen LogP contribution in [0.2, 0.25) is 0 Å². The Kier molecular flexibility index (Phi) is 7.34. The zero-order valence-corrected chi connectivity index (χ0v) is 25.9. The first kappa shape index (κ1) is 30.3. The molecule has 11 nitrogen and oxygen atoms in total. The molecule has 1 unspecified atom stereocenters. The minimum atomic E-state index is -4.72. The highest BCUT2D eigenvalue weighted by Gasteiger charge is 2.42. The van der Waals surface area contributed by atoms with Gasteiger partial charge in [-0.2, -0.15) is 23.4 Å². The number of pyridine rings is 1. The fourth-order valence-corrected chi connectivity index (χ4v) is 6.66. The third-order valence-corrected chi connectivity index (χ3v) is 9.27. The van der Waals surface area contributed by atoms with Crippen LogP contribution in [0.3, 0.4) is 0 Å². The molecule has 0 bridgehead atoms. The Balaban J connectivity index is 0.997. The molecule has 0 aliphatic carbocycles. The lowest BCUT2D eigenvalue weighted by Crippen LogP contribution is -2.35. The van der Waals surface area contributed by atoms with Gasteiger partial charge in [0.25, 0.3) is 5.79 Å². The van der Waals surface area contributed by atoms with E-state index in [0.717, 1.165) is 55.9 Å². The first-order chi connectivity index (χ1) is 23.2. The number of nitrogens with zero attached hydrogens (tertiary/aromatic N) is 7. The van der Waals surface area contributed by atoms with Gasteiger partial charge in [0.1, 0.15) is 23.3 Å². The molecule has 246 valence electrons. The summed E-state index contributed by atoms with van der Waals surface area (Å²) in [6.45, 7) is 5.44. The molecule has 0 N–H and O–H groups in total. The van der Waals surface area contributed by atoms with Crippen LogP contribution in [-0.2, 0) is 29.8 Å². The highest BCUT2D eigenvalue weighted by atomic mass is 19.4. The van der Waals surface area contributed by atoms with Crippen LogP contribution < -0.4 is 9.47 Å². The van der Waals surface area contributed by atoms with E-state index in [0.29, 0.717) is 47.1 Å². The number of hydrogen-bond acceptors (Lipinski definition) is 10. The minimum absolute atomic E-state index is 0.0868. The van der Waals surface area contributed by atoms with Crippen LogP contribution >= 0.6 is 0 Å². The van der Waals surface area contributed by atoms with Crippen LogP contribution in [0.4, 0.5) is 13.2 Å². The minimum Gasteiger partial charge on any atom is -0.443 e. The number of hydrogen-bond donors (Lipinski definition) is 0. The van der Waals surface area contributed by atoms with Crippen molar-refractivity contribution in [2.45, 2.75) is 63.3 Å². The summed E-state index contributed by atoms with van der Waals surface area (Å²) in [6.07, 6.45) is -1.88. The van der Waals surface area contributed by atoms with E-state index in [4.69, 9.17) is 19.2 Å². The Hall–Kier alpha value is -5.00. The van der Waals surface area contributed by atoms with Crippen LogP contribution in [-0.4, -0.2) is 55.4 Å². The molecule has 2 saturated heterocycles. The lowest BCUT2D eigenvalue weighted by Gasteiger charge is -2.33. The van der Waals surface area contributed by atoms with Gasteiger partial charge < -0.3 is 23.3 Å². The standard InChI is InChI=1S/C34H30F3N7O4/c1-33(28-7-2-4-22(17-38)39-28)46-27-6-3-5-24(30(27)47-33)20-10-13-43(14-11-20)19-29-40-25-16-21(31-41-32(48-42-31)34(35,36)37)8-9-26(25)44(29)18-23-12-15-45-23/h2-9,16,20,23H,10-15,18-19H2,1H3/t23-,33?/m0/s1. The van der Waals surface area contributed by atoms with E-state index < -0.39 is 17.9 Å². The largest absolute Gasteiger partial charge is 0.471 e. The molecule has 3 aliphatic heterocycles. The van der Waals surface area contributed by atoms with E-state index >= 15 is 0 Å². The number of piperidine rings is 1. The molecule has 3 aliphatic rings. The van der Waals surface area contributed by atoms with Gasteiger partial charge in [-0.05, 0) is 74.7 Å². The van der Waals surface area contributed by atoms with Crippen molar-refractivity contribution in [3.05, 3.63) is 83.3 Å². The van der Waals surface area contributed by atoms with Crippen LogP contribution in [0, 0.1) is 11.3 Å². The fourth-order valence-electron chi connectivity index (χ4n) is 6.66. The van der Waals surface area contributed by atoms with Crippen molar-refractivity contribution in [3.63, 3.8) is 0 Å². The second kappa shape index (κ2) is 11.6. The molecule has 0 amide bonds. The van der Waals surface area contributed by atoms with E-state index in [-0.39, 0.29) is 17.8 Å². The number of alkyl halides is 3. The molecule has 8 rings (SSSR count). The lowest BCUT2D eigenvalue weighted by molar-refractivity contribution is -0.159. The van der Waals surface area contributed by atoms with Crippen LogP contribution in [0.15, 0.2) is 59.1 Å². The van der Waals surface area contributed by atoms with Gasteiger partial charge in [0.15, 0.2) is 11.5 Å². The number of benzene rings is 2. The number of halogens is 3. The van der Waals surface area contributed by atoms with Crippen LogP contribution in [0.25, 0.3) is 22.4 Å². The number of likely N-dealkylation sites (tertiary alicyclic amines) is 1. The molecule has 3 aromatic heterocycles. The van der Waals surface area contributed by atoms with Gasteiger partial charge >= 0.3 is 12.1 Å². The first-order valence-electron chi connectivity index (χ1n) is 15.8. The topological polar surface area (TPSA) is 124 Å². The predicted molar refractivity (Wildman–Crippen MR) is 164 cm³/mol. The van der Waals surface area contributed by atoms with Gasteiger partial charge in [0, 0.05) is 24.7 Å². The van der Waals surface area contributed by atoms with Crippen molar-refractivity contribution in [3.8, 4) is 29.0 Å². The van der Waals surface area contributed by atoms with Crippen LogP contribution in [0.1, 0.15) is 60.8 Å². The summed E-state index contributed by atoms with van der Waals surface area (Å²) < 4.78 is 64.2. The Morgan fingerprint density at radius 3 is 2.54 bits per heavy atom. The molecule has 2 fully saturated rings. The summed E-state index contributed by atoms with van der Waals surface area (Å²) in [5, 5.41) is 12.9. The molecular weight excluding hydrogens is 627 g/mol. The second-order valence-electron chi connectivity index (χ2n) is 12.4. The molecule has 48 heavy (non-hydrogen) atoms. The monoisotopic (exact) mass is 657 g/mol. The van der Waals surface area contributed by atoms with Crippen molar-refractivity contribution < 1.29 is 31.9 Å². The third kappa shape index (κ3) is 5.52. The number of aromatic nitrogens is 5. The second-order valence-corrected chi connectivity index (χ2v) is 12.4. The smallest absolute Gasteiger partial charge is 0.443 e. The van der Waals surface area contributed by atoms with E-state index in [2.05, 4.69) is 41.3 Å². The molecule has 0 radical (unpaired) electrons. The van der Waals surface area contributed by atoms with E-state index in [1.54, 1.807) is 30.3 Å².